The van der Waals surface area contributed by atoms with Gasteiger partial charge < -0.3 is 4.90 Å². The number of aryl methyl sites for hydroxylation is 1. The standard InChI is InChI=1S/C53H47N/c1-36-33-50-51(53(4,5)32-31-52(50,2)3)35-48(36)39-21-27-43(28-22-39)54(42-25-19-38(20-26-42)37-13-7-6-8-14-37)44-29-23-40(24-30-44)49-34-41-15-9-10-16-45(41)46-17-11-12-18-47(46)49/h6-30,33-35H,31-32H2,1-5H3. The number of hydrogen-bond acceptors (Lipinski definition) is 1. The minimum Gasteiger partial charge on any atom is -0.311 e. The first-order chi connectivity index (χ1) is 26.2. The van der Waals surface area contributed by atoms with Gasteiger partial charge >= 0.3 is 0 Å². The Morgan fingerprint density at radius 3 is 1.43 bits per heavy atom. The summed E-state index contributed by atoms with van der Waals surface area (Å²) in [7, 11) is 0. The van der Waals surface area contributed by atoms with Gasteiger partial charge in [-0.25, -0.2) is 0 Å². The molecule has 1 aliphatic carbocycles. The Kier molecular flexibility index (Phi) is 8.27. The van der Waals surface area contributed by atoms with Gasteiger partial charge in [0, 0.05) is 17.1 Å². The van der Waals surface area contributed by atoms with Gasteiger partial charge in [0.1, 0.15) is 0 Å². The Balaban J connectivity index is 1.12. The molecule has 0 saturated heterocycles. The van der Waals surface area contributed by atoms with Crippen molar-refractivity contribution in [3.63, 3.8) is 0 Å². The number of hydrogen-bond donors (Lipinski definition) is 0. The van der Waals surface area contributed by atoms with E-state index in [2.05, 4.69) is 209 Å². The minimum atomic E-state index is 0.168. The SMILES string of the molecule is Cc1cc2c(cc1-c1ccc(N(c3ccc(-c4ccccc4)cc3)c3ccc(-c4cc5ccccc5c5ccccc45)cc3)cc1)C(C)(C)CCC2(C)C. The molecule has 54 heavy (non-hydrogen) atoms. The van der Waals surface area contributed by atoms with Crippen LogP contribution in [0.5, 0.6) is 0 Å². The molecule has 0 saturated carbocycles. The van der Waals surface area contributed by atoms with E-state index in [1.807, 2.05) is 0 Å². The van der Waals surface area contributed by atoms with Crippen LogP contribution in [-0.2, 0) is 10.8 Å². The molecule has 1 nitrogen and oxygen atoms in total. The van der Waals surface area contributed by atoms with Crippen LogP contribution in [0.4, 0.5) is 17.1 Å². The highest BCUT2D eigenvalue weighted by molar-refractivity contribution is 6.13. The van der Waals surface area contributed by atoms with Crippen LogP contribution in [0.2, 0.25) is 0 Å². The Labute approximate surface area is 320 Å². The smallest absolute Gasteiger partial charge is 0.0462 e. The highest BCUT2D eigenvalue weighted by Crippen LogP contribution is 2.48. The second kappa shape index (κ2) is 13.2. The molecule has 0 spiro atoms. The fourth-order valence-electron chi connectivity index (χ4n) is 8.79. The summed E-state index contributed by atoms with van der Waals surface area (Å²) in [6.45, 7) is 11.9. The van der Waals surface area contributed by atoms with E-state index in [9.17, 15) is 0 Å². The van der Waals surface area contributed by atoms with Crippen LogP contribution in [0.3, 0.4) is 0 Å². The highest BCUT2D eigenvalue weighted by atomic mass is 15.1. The predicted molar refractivity (Wildman–Crippen MR) is 232 cm³/mol. The predicted octanol–water partition coefficient (Wildman–Crippen LogP) is 15.1. The molecule has 0 N–H and O–H groups in total. The summed E-state index contributed by atoms with van der Waals surface area (Å²) < 4.78 is 0. The van der Waals surface area contributed by atoms with E-state index in [-0.39, 0.29) is 10.8 Å². The Bertz CT molecular complexity index is 2630. The van der Waals surface area contributed by atoms with Crippen LogP contribution >= 0.6 is 0 Å². The van der Waals surface area contributed by atoms with E-state index in [0.717, 1.165) is 17.1 Å². The van der Waals surface area contributed by atoms with Gasteiger partial charge in [0.2, 0.25) is 0 Å². The van der Waals surface area contributed by atoms with Crippen molar-refractivity contribution in [3.05, 3.63) is 187 Å². The summed E-state index contributed by atoms with van der Waals surface area (Å²) in [5.41, 5.74) is 15.6. The zero-order chi connectivity index (χ0) is 37.0. The number of benzene rings is 8. The average molecular weight is 698 g/mol. The van der Waals surface area contributed by atoms with Crippen LogP contribution in [0.15, 0.2) is 170 Å². The maximum atomic E-state index is 2.50. The van der Waals surface area contributed by atoms with Gasteiger partial charge in [0.15, 0.2) is 0 Å². The molecule has 0 aliphatic heterocycles. The molecule has 264 valence electrons. The van der Waals surface area contributed by atoms with Crippen molar-refractivity contribution in [3.8, 4) is 33.4 Å². The zero-order valence-electron chi connectivity index (χ0n) is 32.0. The number of rotatable bonds is 6. The molecule has 0 aromatic heterocycles. The van der Waals surface area contributed by atoms with Crippen LogP contribution in [0.25, 0.3) is 54.9 Å². The largest absolute Gasteiger partial charge is 0.311 e. The quantitative estimate of drug-likeness (QED) is 0.156. The first kappa shape index (κ1) is 33.9. The summed E-state index contributed by atoms with van der Waals surface area (Å²) in [5, 5.41) is 5.12. The van der Waals surface area contributed by atoms with Gasteiger partial charge in [0.05, 0.1) is 0 Å². The van der Waals surface area contributed by atoms with E-state index < -0.39 is 0 Å². The molecule has 8 aromatic rings. The number of nitrogens with zero attached hydrogens (tertiary/aromatic N) is 1. The molecule has 1 heteroatoms. The lowest BCUT2D eigenvalue weighted by molar-refractivity contribution is 0.332. The zero-order valence-corrected chi connectivity index (χ0v) is 32.0. The third kappa shape index (κ3) is 5.99. The fraction of sp³-hybridized carbons (Fsp3) is 0.170. The van der Waals surface area contributed by atoms with Crippen LogP contribution in [0.1, 0.15) is 57.2 Å². The molecule has 0 radical (unpaired) electrons. The molecule has 0 fully saturated rings. The van der Waals surface area contributed by atoms with Crippen LogP contribution in [0, 0.1) is 6.92 Å². The summed E-state index contributed by atoms with van der Waals surface area (Å²) in [4.78, 5) is 2.38. The van der Waals surface area contributed by atoms with Gasteiger partial charge in [-0.1, -0.05) is 155 Å². The monoisotopic (exact) mass is 697 g/mol. The summed E-state index contributed by atoms with van der Waals surface area (Å²) in [6, 6.07) is 62.7. The van der Waals surface area contributed by atoms with Gasteiger partial charge in [0.25, 0.3) is 0 Å². The Morgan fingerprint density at radius 1 is 0.389 bits per heavy atom. The van der Waals surface area contributed by atoms with Crippen molar-refractivity contribution in [1.82, 2.24) is 0 Å². The lowest BCUT2D eigenvalue weighted by Crippen LogP contribution is -2.34. The van der Waals surface area contributed by atoms with E-state index in [1.54, 1.807) is 0 Å². The van der Waals surface area contributed by atoms with E-state index in [4.69, 9.17) is 0 Å². The average Bonchev–Trinajstić information content (AvgIpc) is 3.20. The summed E-state index contributed by atoms with van der Waals surface area (Å²) in [5.74, 6) is 0. The molecule has 9 rings (SSSR count). The van der Waals surface area contributed by atoms with E-state index >= 15 is 0 Å². The molecule has 1 aliphatic rings. The van der Waals surface area contributed by atoms with Crippen molar-refractivity contribution in [2.45, 2.75) is 58.3 Å². The number of fused-ring (bicyclic) bond motifs is 4. The van der Waals surface area contributed by atoms with Crippen LogP contribution < -0.4 is 4.90 Å². The normalized spacial score (nSPS) is 14.5. The molecule has 0 amide bonds. The summed E-state index contributed by atoms with van der Waals surface area (Å²) >= 11 is 0. The van der Waals surface area contributed by atoms with Gasteiger partial charge in [-0.3, -0.25) is 0 Å². The first-order valence-electron chi connectivity index (χ1n) is 19.4. The lowest BCUT2D eigenvalue weighted by Gasteiger charge is -2.42. The second-order valence-corrected chi connectivity index (χ2v) is 16.5. The Hall–Kier alpha value is -5.92. The number of anilines is 3. The molecular weight excluding hydrogens is 651 g/mol. The second-order valence-electron chi connectivity index (χ2n) is 16.5. The molecule has 0 unspecified atom stereocenters. The van der Waals surface area contributed by atoms with Gasteiger partial charge in [-0.2, -0.15) is 0 Å². The maximum absolute atomic E-state index is 2.50. The van der Waals surface area contributed by atoms with Crippen molar-refractivity contribution in [2.75, 3.05) is 4.90 Å². The lowest BCUT2D eigenvalue weighted by atomic mass is 9.62. The van der Waals surface area contributed by atoms with Gasteiger partial charge in [-0.05, 0) is 145 Å². The van der Waals surface area contributed by atoms with E-state index in [1.165, 1.54) is 84.5 Å². The third-order valence-electron chi connectivity index (χ3n) is 12.1. The molecule has 0 heterocycles. The molecular formula is C53H47N. The maximum Gasteiger partial charge on any atom is 0.0462 e. The summed E-state index contributed by atoms with van der Waals surface area (Å²) in [6.07, 6.45) is 2.44. The topological polar surface area (TPSA) is 3.24 Å². The van der Waals surface area contributed by atoms with Crippen LogP contribution in [-0.4, -0.2) is 0 Å². The van der Waals surface area contributed by atoms with Crippen molar-refractivity contribution in [1.29, 1.82) is 0 Å². The van der Waals surface area contributed by atoms with Crippen molar-refractivity contribution < 1.29 is 0 Å². The Morgan fingerprint density at radius 2 is 0.833 bits per heavy atom. The fourth-order valence-corrected chi connectivity index (χ4v) is 8.79. The molecule has 8 aromatic carbocycles. The minimum absolute atomic E-state index is 0.168. The van der Waals surface area contributed by atoms with Crippen molar-refractivity contribution in [2.24, 2.45) is 0 Å². The molecule has 0 atom stereocenters. The highest BCUT2D eigenvalue weighted by Gasteiger charge is 2.37. The van der Waals surface area contributed by atoms with E-state index in [0.29, 0.717) is 0 Å². The molecule has 0 bridgehead atoms. The first-order valence-corrected chi connectivity index (χ1v) is 19.4. The third-order valence-corrected chi connectivity index (χ3v) is 12.1. The van der Waals surface area contributed by atoms with Gasteiger partial charge in [-0.15, -0.1) is 0 Å². The van der Waals surface area contributed by atoms with Crippen molar-refractivity contribution >= 4 is 38.6 Å².